The van der Waals surface area contributed by atoms with E-state index in [1.54, 1.807) is 18.2 Å². The van der Waals surface area contributed by atoms with Crippen LogP contribution in [0.5, 0.6) is 5.88 Å². The molecule has 17 heavy (non-hydrogen) atoms. The zero-order chi connectivity index (χ0) is 12.3. The van der Waals surface area contributed by atoms with Crippen molar-refractivity contribution in [3.05, 3.63) is 23.9 Å². The number of primary amides is 1. The average molecular weight is 235 g/mol. The molecule has 0 atom stereocenters. The third-order valence-electron chi connectivity index (χ3n) is 3.08. The van der Waals surface area contributed by atoms with Crippen molar-refractivity contribution in [3.63, 3.8) is 0 Å². The smallest absolute Gasteiger partial charge is 0.267 e. The largest absolute Gasteiger partial charge is 0.476 e. The fourth-order valence-corrected chi connectivity index (χ4v) is 2.07. The average Bonchev–Trinajstić information content (AvgIpc) is 2.75. The SMILES string of the molecule is NC(=O)c1cccc(OCC2(N)CCCC2)n1. The van der Waals surface area contributed by atoms with E-state index in [1.165, 1.54) is 0 Å². The van der Waals surface area contributed by atoms with Gasteiger partial charge in [-0.1, -0.05) is 18.9 Å². The summed E-state index contributed by atoms with van der Waals surface area (Å²) in [7, 11) is 0. The van der Waals surface area contributed by atoms with Gasteiger partial charge in [-0.05, 0) is 18.9 Å². The van der Waals surface area contributed by atoms with Crippen LogP contribution in [0.1, 0.15) is 36.2 Å². The van der Waals surface area contributed by atoms with Crippen LogP contribution in [0.15, 0.2) is 18.2 Å². The number of aromatic nitrogens is 1. The van der Waals surface area contributed by atoms with Crippen LogP contribution in [-0.4, -0.2) is 23.0 Å². The molecule has 0 saturated heterocycles. The number of nitrogens with zero attached hydrogens (tertiary/aromatic N) is 1. The molecule has 0 aromatic carbocycles. The maximum Gasteiger partial charge on any atom is 0.267 e. The Bertz CT molecular complexity index is 414. The standard InChI is InChI=1S/C12H17N3O2/c13-11(16)9-4-3-5-10(15-9)17-8-12(14)6-1-2-7-12/h3-5H,1-2,6-8,14H2,(H2,13,16). The number of nitrogens with two attached hydrogens (primary N) is 2. The van der Waals surface area contributed by atoms with Gasteiger partial charge in [0.1, 0.15) is 12.3 Å². The molecule has 1 heterocycles. The highest BCUT2D eigenvalue weighted by molar-refractivity contribution is 5.90. The summed E-state index contributed by atoms with van der Waals surface area (Å²) < 4.78 is 5.54. The molecule has 0 spiro atoms. The summed E-state index contributed by atoms with van der Waals surface area (Å²) in [6.45, 7) is 0.433. The molecule has 0 aliphatic heterocycles. The van der Waals surface area contributed by atoms with Gasteiger partial charge in [-0.25, -0.2) is 4.98 Å². The Kier molecular flexibility index (Phi) is 3.28. The summed E-state index contributed by atoms with van der Waals surface area (Å²) in [5.74, 6) is -0.156. The molecule has 1 aromatic heterocycles. The van der Waals surface area contributed by atoms with Gasteiger partial charge in [-0.3, -0.25) is 4.79 Å². The summed E-state index contributed by atoms with van der Waals surface area (Å²) in [6.07, 6.45) is 4.24. The summed E-state index contributed by atoms with van der Waals surface area (Å²) >= 11 is 0. The molecule has 0 bridgehead atoms. The first-order valence-electron chi connectivity index (χ1n) is 5.78. The monoisotopic (exact) mass is 235 g/mol. The number of hydrogen-bond acceptors (Lipinski definition) is 4. The molecule has 5 nitrogen and oxygen atoms in total. The van der Waals surface area contributed by atoms with Gasteiger partial charge < -0.3 is 16.2 Å². The second-order valence-electron chi connectivity index (χ2n) is 4.58. The van der Waals surface area contributed by atoms with E-state index in [2.05, 4.69) is 4.98 Å². The van der Waals surface area contributed by atoms with E-state index in [0.29, 0.717) is 12.5 Å². The molecule has 2 rings (SSSR count). The molecule has 4 N–H and O–H groups in total. The van der Waals surface area contributed by atoms with E-state index in [9.17, 15) is 4.79 Å². The van der Waals surface area contributed by atoms with Gasteiger partial charge >= 0.3 is 0 Å². The molecule has 1 aromatic rings. The summed E-state index contributed by atoms with van der Waals surface area (Å²) in [6, 6.07) is 4.95. The van der Waals surface area contributed by atoms with Crippen molar-refractivity contribution in [1.82, 2.24) is 4.98 Å². The highest BCUT2D eigenvalue weighted by Gasteiger charge is 2.30. The van der Waals surface area contributed by atoms with Gasteiger partial charge in [0.25, 0.3) is 5.91 Å². The van der Waals surface area contributed by atoms with E-state index in [-0.39, 0.29) is 11.2 Å². The Balaban J connectivity index is 1.99. The van der Waals surface area contributed by atoms with E-state index in [0.717, 1.165) is 25.7 Å². The fraction of sp³-hybridized carbons (Fsp3) is 0.500. The van der Waals surface area contributed by atoms with Crippen LogP contribution in [0.4, 0.5) is 0 Å². The predicted octanol–water partition coefficient (Wildman–Crippen LogP) is 0.831. The Labute approximate surface area is 100 Å². The molecule has 1 aliphatic rings. The van der Waals surface area contributed by atoms with Crippen LogP contribution in [0.3, 0.4) is 0 Å². The lowest BCUT2D eigenvalue weighted by atomic mass is 10.0. The fourth-order valence-electron chi connectivity index (χ4n) is 2.07. The molecular formula is C12H17N3O2. The zero-order valence-corrected chi connectivity index (χ0v) is 9.69. The molecular weight excluding hydrogens is 218 g/mol. The van der Waals surface area contributed by atoms with Crippen molar-refractivity contribution in [2.75, 3.05) is 6.61 Å². The number of amides is 1. The molecule has 1 saturated carbocycles. The molecule has 0 unspecified atom stereocenters. The third kappa shape index (κ3) is 2.94. The van der Waals surface area contributed by atoms with Crippen molar-refractivity contribution >= 4 is 5.91 Å². The zero-order valence-electron chi connectivity index (χ0n) is 9.69. The highest BCUT2D eigenvalue weighted by atomic mass is 16.5. The molecule has 1 aliphatic carbocycles. The van der Waals surface area contributed by atoms with Crippen molar-refractivity contribution in [3.8, 4) is 5.88 Å². The van der Waals surface area contributed by atoms with Gasteiger partial charge in [-0.2, -0.15) is 0 Å². The number of hydrogen-bond donors (Lipinski definition) is 2. The summed E-state index contributed by atoms with van der Waals surface area (Å²) in [5, 5.41) is 0. The number of carbonyl (C=O) groups excluding carboxylic acids is 1. The Morgan fingerprint density at radius 3 is 2.76 bits per heavy atom. The first-order valence-corrected chi connectivity index (χ1v) is 5.78. The van der Waals surface area contributed by atoms with E-state index < -0.39 is 5.91 Å². The molecule has 5 heteroatoms. The van der Waals surface area contributed by atoms with Crippen LogP contribution in [-0.2, 0) is 0 Å². The van der Waals surface area contributed by atoms with Crippen LogP contribution in [0.2, 0.25) is 0 Å². The van der Waals surface area contributed by atoms with Crippen molar-refractivity contribution in [1.29, 1.82) is 0 Å². The second kappa shape index (κ2) is 4.71. The lowest BCUT2D eigenvalue weighted by molar-refractivity contribution is 0.0994. The Morgan fingerprint density at radius 2 is 2.12 bits per heavy atom. The molecule has 0 radical (unpaired) electrons. The van der Waals surface area contributed by atoms with Crippen LogP contribution < -0.4 is 16.2 Å². The number of carbonyl (C=O) groups is 1. The van der Waals surface area contributed by atoms with Gasteiger partial charge in [0.15, 0.2) is 0 Å². The van der Waals surface area contributed by atoms with Gasteiger partial charge in [0, 0.05) is 6.07 Å². The minimum atomic E-state index is -0.557. The highest BCUT2D eigenvalue weighted by Crippen LogP contribution is 2.27. The minimum absolute atomic E-state index is 0.208. The van der Waals surface area contributed by atoms with Crippen LogP contribution >= 0.6 is 0 Å². The topological polar surface area (TPSA) is 91.2 Å². The molecule has 1 amide bonds. The number of rotatable bonds is 4. The van der Waals surface area contributed by atoms with Crippen LogP contribution in [0.25, 0.3) is 0 Å². The molecule has 1 fully saturated rings. The van der Waals surface area contributed by atoms with E-state index in [1.807, 2.05) is 0 Å². The maximum absolute atomic E-state index is 11.0. The van der Waals surface area contributed by atoms with E-state index in [4.69, 9.17) is 16.2 Å². The predicted molar refractivity (Wildman–Crippen MR) is 63.6 cm³/mol. The van der Waals surface area contributed by atoms with Gasteiger partial charge in [0.05, 0.1) is 5.54 Å². The first-order chi connectivity index (χ1) is 8.09. The van der Waals surface area contributed by atoms with Crippen molar-refractivity contribution in [2.45, 2.75) is 31.2 Å². The van der Waals surface area contributed by atoms with Crippen LogP contribution in [0, 0.1) is 0 Å². The Morgan fingerprint density at radius 1 is 1.41 bits per heavy atom. The summed E-state index contributed by atoms with van der Waals surface area (Å²) in [5.41, 5.74) is 11.3. The lowest BCUT2D eigenvalue weighted by Crippen LogP contribution is -2.42. The molecule has 92 valence electrons. The maximum atomic E-state index is 11.0. The quantitative estimate of drug-likeness (QED) is 0.808. The van der Waals surface area contributed by atoms with Gasteiger partial charge in [0.2, 0.25) is 5.88 Å². The van der Waals surface area contributed by atoms with Gasteiger partial charge in [-0.15, -0.1) is 0 Å². The van der Waals surface area contributed by atoms with Crippen molar-refractivity contribution < 1.29 is 9.53 Å². The first kappa shape index (κ1) is 11.9. The number of ether oxygens (including phenoxy) is 1. The normalized spacial score (nSPS) is 17.9. The second-order valence-corrected chi connectivity index (χ2v) is 4.58. The third-order valence-corrected chi connectivity index (χ3v) is 3.08. The minimum Gasteiger partial charge on any atom is -0.476 e. The van der Waals surface area contributed by atoms with E-state index >= 15 is 0 Å². The lowest BCUT2D eigenvalue weighted by Gasteiger charge is -2.23. The summed E-state index contributed by atoms with van der Waals surface area (Å²) in [4.78, 5) is 15.0. The number of pyridine rings is 1. The van der Waals surface area contributed by atoms with Crippen molar-refractivity contribution in [2.24, 2.45) is 11.5 Å². The Hall–Kier alpha value is -1.62.